The maximum atomic E-state index is 11.1. The molecule has 1 saturated carbocycles. The summed E-state index contributed by atoms with van der Waals surface area (Å²) >= 11 is 0. The first-order chi connectivity index (χ1) is 6.11. The van der Waals surface area contributed by atoms with Crippen molar-refractivity contribution in [1.29, 1.82) is 0 Å². The van der Waals surface area contributed by atoms with Gasteiger partial charge in [-0.1, -0.05) is 25.7 Å². The number of carbonyl (C=O) groups excluding carboxylic acids is 1. The van der Waals surface area contributed by atoms with Gasteiger partial charge in [0.2, 0.25) is 5.91 Å². The quantitative estimate of drug-likeness (QED) is 0.658. The number of amides is 1. The van der Waals surface area contributed by atoms with Crippen LogP contribution in [0.4, 0.5) is 0 Å². The third-order valence-corrected chi connectivity index (χ3v) is 3.31. The third-order valence-electron chi connectivity index (χ3n) is 3.31. The molecule has 0 aromatic rings. The molecule has 0 aromatic carbocycles. The normalized spacial score (nSPS) is 20.2. The lowest BCUT2D eigenvalue weighted by Gasteiger charge is -2.25. The van der Waals surface area contributed by atoms with E-state index >= 15 is 0 Å². The van der Waals surface area contributed by atoms with Gasteiger partial charge in [-0.2, -0.15) is 0 Å². The van der Waals surface area contributed by atoms with Crippen LogP contribution >= 0.6 is 0 Å². The molecule has 1 rings (SSSR count). The van der Waals surface area contributed by atoms with Crippen LogP contribution in [0.2, 0.25) is 0 Å². The topological polar surface area (TPSA) is 20.3 Å². The van der Waals surface area contributed by atoms with E-state index in [9.17, 15) is 4.79 Å². The van der Waals surface area contributed by atoms with Gasteiger partial charge in [-0.3, -0.25) is 4.79 Å². The summed E-state index contributed by atoms with van der Waals surface area (Å²) in [6, 6.07) is 0.417. The molecule has 0 saturated heterocycles. The second-order valence-corrected chi connectivity index (χ2v) is 4.37. The number of hydrogen-bond acceptors (Lipinski definition) is 1. The number of carbonyl (C=O) groups is 1. The Balaban J connectivity index is 2.30. The Hall–Kier alpha value is -0.530. The number of nitrogens with zero attached hydrogens (tertiary/aromatic N) is 1. The summed E-state index contributed by atoms with van der Waals surface area (Å²) in [7, 11) is 1.90. The highest BCUT2D eigenvalue weighted by molar-refractivity contribution is 5.73. The van der Waals surface area contributed by atoms with E-state index in [1.54, 1.807) is 6.92 Å². The maximum Gasteiger partial charge on any atom is 0.219 e. The van der Waals surface area contributed by atoms with Crippen LogP contribution in [0, 0.1) is 5.92 Å². The molecule has 2 nitrogen and oxygen atoms in total. The first kappa shape index (κ1) is 10.6. The van der Waals surface area contributed by atoms with Crippen molar-refractivity contribution in [2.75, 3.05) is 7.05 Å². The van der Waals surface area contributed by atoms with Gasteiger partial charge < -0.3 is 4.90 Å². The Morgan fingerprint density at radius 1 is 1.46 bits per heavy atom. The molecule has 1 aliphatic carbocycles. The first-order valence-corrected chi connectivity index (χ1v) is 5.34. The lowest BCUT2D eigenvalue weighted by Crippen LogP contribution is -2.34. The summed E-state index contributed by atoms with van der Waals surface area (Å²) in [4.78, 5) is 12.9. The van der Waals surface area contributed by atoms with Gasteiger partial charge in [0.15, 0.2) is 0 Å². The average molecular weight is 183 g/mol. The van der Waals surface area contributed by atoms with E-state index < -0.39 is 0 Å². The summed E-state index contributed by atoms with van der Waals surface area (Å²) < 4.78 is 0. The Morgan fingerprint density at radius 3 is 2.46 bits per heavy atom. The molecule has 0 heterocycles. The van der Waals surface area contributed by atoms with E-state index in [2.05, 4.69) is 6.92 Å². The third kappa shape index (κ3) is 3.02. The van der Waals surface area contributed by atoms with Crippen LogP contribution in [0.3, 0.4) is 0 Å². The second-order valence-electron chi connectivity index (χ2n) is 4.37. The van der Waals surface area contributed by atoms with Gasteiger partial charge in [-0.05, 0) is 19.3 Å². The zero-order valence-electron chi connectivity index (χ0n) is 9.05. The highest BCUT2D eigenvalue weighted by Crippen LogP contribution is 2.29. The predicted octanol–water partition coefficient (Wildman–Crippen LogP) is 2.43. The van der Waals surface area contributed by atoms with Crippen molar-refractivity contribution in [2.24, 2.45) is 5.92 Å². The van der Waals surface area contributed by atoms with E-state index in [0.717, 1.165) is 5.92 Å². The van der Waals surface area contributed by atoms with Crippen molar-refractivity contribution in [1.82, 2.24) is 4.90 Å². The van der Waals surface area contributed by atoms with Crippen LogP contribution in [0.25, 0.3) is 0 Å². The molecular formula is C11H21NO. The summed E-state index contributed by atoms with van der Waals surface area (Å²) in [6.07, 6.45) is 6.71. The molecule has 0 aromatic heterocycles. The van der Waals surface area contributed by atoms with Crippen LogP contribution in [0.15, 0.2) is 0 Å². The van der Waals surface area contributed by atoms with Gasteiger partial charge in [0.1, 0.15) is 0 Å². The van der Waals surface area contributed by atoms with Crippen LogP contribution in [-0.2, 0) is 4.79 Å². The van der Waals surface area contributed by atoms with Gasteiger partial charge in [0.05, 0.1) is 0 Å². The summed E-state index contributed by atoms with van der Waals surface area (Å²) in [5, 5.41) is 0. The minimum Gasteiger partial charge on any atom is -0.343 e. The molecule has 76 valence electrons. The zero-order valence-corrected chi connectivity index (χ0v) is 9.05. The Bertz CT molecular complexity index is 173. The smallest absolute Gasteiger partial charge is 0.219 e. The van der Waals surface area contributed by atoms with E-state index in [1.807, 2.05) is 11.9 Å². The Kier molecular flexibility index (Phi) is 3.76. The molecule has 1 atom stereocenters. The molecule has 0 N–H and O–H groups in total. The summed E-state index contributed by atoms with van der Waals surface area (Å²) in [6.45, 7) is 3.80. The molecule has 0 unspecified atom stereocenters. The summed E-state index contributed by atoms with van der Waals surface area (Å²) in [5.74, 6) is 1.06. The molecule has 0 aliphatic heterocycles. The monoisotopic (exact) mass is 183 g/mol. The van der Waals surface area contributed by atoms with Crippen molar-refractivity contribution in [2.45, 2.75) is 52.0 Å². The molecular weight excluding hydrogens is 162 g/mol. The maximum absolute atomic E-state index is 11.1. The average Bonchev–Trinajstić information content (AvgIpc) is 2.55. The lowest BCUT2D eigenvalue weighted by molar-refractivity contribution is -0.129. The Morgan fingerprint density at radius 2 is 2.00 bits per heavy atom. The minimum atomic E-state index is 0.186. The van der Waals surface area contributed by atoms with E-state index in [0.29, 0.717) is 6.04 Å². The molecule has 1 amide bonds. The SMILES string of the molecule is CC(=O)N(C)[C@H](C)CC1CCCC1. The number of hydrogen-bond donors (Lipinski definition) is 0. The molecule has 2 heteroatoms. The molecule has 0 spiro atoms. The lowest BCUT2D eigenvalue weighted by atomic mass is 9.99. The van der Waals surface area contributed by atoms with E-state index in [4.69, 9.17) is 0 Å². The van der Waals surface area contributed by atoms with Crippen molar-refractivity contribution in [3.05, 3.63) is 0 Å². The highest BCUT2D eigenvalue weighted by Gasteiger charge is 2.20. The molecule has 13 heavy (non-hydrogen) atoms. The molecule has 1 aliphatic rings. The largest absolute Gasteiger partial charge is 0.343 e. The van der Waals surface area contributed by atoms with Crippen molar-refractivity contribution in [3.8, 4) is 0 Å². The van der Waals surface area contributed by atoms with Crippen LogP contribution in [-0.4, -0.2) is 23.9 Å². The standard InChI is InChI=1S/C11H21NO/c1-9(12(3)10(2)13)8-11-6-4-5-7-11/h9,11H,4-8H2,1-3H3/t9-/m1/s1. The van der Waals surface area contributed by atoms with Crippen molar-refractivity contribution in [3.63, 3.8) is 0 Å². The minimum absolute atomic E-state index is 0.186. The summed E-state index contributed by atoms with van der Waals surface area (Å²) in [5.41, 5.74) is 0. The van der Waals surface area contributed by atoms with Gasteiger partial charge >= 0.3 is 0 Å². The molecule has 0 radical (unpaired) electrons. The van der Waals surface area contributed by atoms with Crippen LogP contribution in [0.1, 0.15) is 46.0 Å². The van der Waals surface area contributed by atoms with E-state index in [-0.39, 0.29) is 5.91 Å². The first-order valence-electron chi connectivity index (χ1n) is 5.34. The zero-order chi connectivity index (χ0) is 9.84. The van der Waals surface area contributed by atoms with Crippen LogP contribution < -0.4 is 0 Å². The molecule has 1 fully saturated rings. The van der Waals surface area contributed by atoms with Gasteiger partial charge in [-0.15, -0.1) is 0 Å². The van der Waals surface area contributed by atoms with E-state index in [1.165, 1.54) is 32.1 Å². The highest BCUT2D eigenvalue weighted by atomic mass is 16.2. The Labute approximate surface area is 81.3 Å². The van der Waals surface area contributed by atoms with Crippen molar-refractivity contribution >= 4 is 5.91 Å². The van der Waals surface area contributed by atoms with Gasteiger partial charge in [0, 0.05) is 20.0 Å². The predicted molar refractivity (Wildman–Crippen MR) is 54.5 cm³/mol. The second kappa shape index (κ2) is 4.64. The fourth-order valence-electron chi connectivity index (χ4n) is 2.20. The van der Waals surface area contributed by atoms with Crippen LogP contribution in [0.5, 0.6) is 0 Å². The number of rotatable bonds is 3. The van der Waals surface area contributed by atoms with Gasteiger partial charge in [0.25, 0.3) is 0 Å². The van der Waals surface area contributed by atoms with Gasteiger partial charge in [-0.25, -0.2) is 0 Å². The fourth-order valence-corrected chi connectivity index (χ4v) is 2.20. The fraction of sp³-hybridized carbons (Fsp3) is 0.909. The van der Waals surface area contributed by atoms with Crippen molar-refractivity contribution < 1.29 is 4.79 Å². The molecule has 0 bridgehead atoms.